The molecule has 9 heteroatoms. The lowest BCUT2D eigenvalue weighted by atomic mass is 10.3. The molecule has 0 radical (unpaired) electrons. The summed E-state index contributed by atoms with van der Waals surface area (Å²) in [7, 11) is 0.824. The van der Waals surface area contributed by atoms with Crippen molar-refractivity contribution >= 4 is 42.3 Å². The standard InChI is InChI=1S/C6H2ClF3INO2S/c7-15(13,14)5-1-4(11)3(2-12-5)6(8,9)10/h1-2H. The molecule has 1 rings (SSSR count). The van der Waals surface area contributed by atoms with Gasteiger partial charge in [0.1, 0.15) is 0 Å². The highest BCUT2D eigenvalue weighted by molar-refractivity contribution is 14.1. The minimum atomic E-state index is -4.56. The SMILES string of the molecule is O=S(=O)(Cl)c1cc(I)c(C(F)(F)F)cn1. The molecule has 15 heavy (non-hydrogen) atoms. The number of nitrogens with zero attached hydrogens (tertiary/aromatic N) is 1. The highest BCUT2D eigenvalue weighted by atomic mass is 127. The maximum atomic E-state index is 12.2. The van der Waals surface area contributed by atoms with Crippen LogP contribution in [0.4, 0.5) is 13.2 Å². The normalized spacial score (nSPS) is 12.9. The van der Waals surface area contributed by atoms with Gasteiger partial charge in [0.15, 0.2) is 5.03 Å². The van der Waals surface area contributed by atoms with Crippen molar-refractivity contribution in [2.24, 2.45) is 0 Å². The maximum absolute atomic E-state index is 12.2. The number of alkyl halides is 3. The molecule has 84 valence electrons. The van der Waals surface area contributed by atoms with E-state index in [0.29, 0.717) is 6.20 Å². The first kappa shape index (κ1) is 13.0. The summed E-state index contributed by atoms with van der Waals surface area (Å²) < 4.78 is 58.0. The van der Waals surface area contributed by atoms with E-state index in [4.69, 9.17) is 10.7 Å². The summed E-state index contributed by atoms with van der Waals surface area (Å²) in [5.41, 5.74) is -0.993. The summed E-state index contributed by atoms with van der Waals surface area (Å²) in [6, 6.07) is 0.770. The third kappa shape index (κ3) is 3.18. The van der Waals surface area contributed by atoms with Gasteiger partial charge in [0.05, 0.1) is 5.56 Å². The van der Waals surface area contributed by atoms with Gasteiger partial charge in [-0.15, -0.1) is 0 Å². The van der Waals surface area contributed by atoms with Crippen molar-refractivity contribution in [2.75, 3.05) is 0 Å². The van der Waals surface area contributed by atoms with Crippen molar-refractivity contribution in [1.82, 2.24) is 4.98 Å². The molecule has 0 atom stereocenters. The highest BCUT2D eigenvalue weighted by Crippen LogP contribution is 2.33. The average molecular weight is 372 g/mol. The minimum Gasteiger partial charge on any atom is -0.243 e. The molecule has 1 aromatic heterocycles. The Morgan fingerprint density at radius 2 is 1.93 bits per heavy atom. The first-order chi connectivity index (χ1) is 6.62. The molecule has 1 heterocycles. The van der Waals surface area contributed by atoms with E-state index >= 15 is 0 Å². The van der Waals surface area contributed by atoms with E-state index < -0.39 is 25.8 Å². The zero-order valence-electron chi connectivity index (χ0n) is 6.72. The Bertz CT molecular complexity index is 488. The Labute approximate surface area is 101 Å². The largest absolute Gasteiger partial charge is 0.418 e. The number of halogens is 5. The van der Waals surface area contributed by atoms with Crippen LogP contribution in [0.25, 0.3) is 0 Å². The smallest absolute Gasteiger partial charge is 0.243 e. The summed E-state index contributed by atoms with van der Waals surface area (Å²) >= 11 is 1.37. The van der Waals surface area contributed by atoms with Gasteiger partial charge in [0.25, 0.3) is 9.05 Å². The van der Waals surface area contributed by atoms with E-state index in [-0.39, 0.29) is 3.57 Å². The zero-order chi connectivity index (χ0) is 11.9. The molecule has 0 amide bonds. The lowest BCUT2D eigenvalue weighted by Crippen LogP contribution is -2.09. The van der Waals surface area contributed by atoms with E-state index in [9.17, 15) is 21.6 Å². The second kappa shape index (κ2) is 4.06. The van der Waals surface area contributed by atoms with Crippen molar-refractivity contribution in [3.05, 3.63) is 21.4 Å². The first-order valence-corrected chi connectivity index (χ1v) is 6.68. The Morgan fingerprint density at radius 3 is 2.27 bits per heavy atom. The molecular weight excluding hydrogens is 369 g/mol. The van der Waals surface area contributed by atoms with Gasteiger partial charge in [0, 0.05) is 20.4 Å². The average Bonchev–Trinajstić information content (AvgIpc) is 1.99. The first-order valence-electron chi connectivity index (χ1n) is 3.30. The van der Waals surface area contributed by atoms with E-state index in [1.165, 1.54) is 22.6 Å². The van der Waals surface area contributed by atoms with Crippen LogP contribution in [0.3, 0.4) is 0 Å². The van der Waals surface area contributed by atoms with Gasteiger partial charge in [-0.3, -0.25) is 0 Å². The van der Waals surface area contributed by atoms with Crippen LogP contribution in [0.2, 0.25) is 0 Å². The molecule has 0 saturated heterocycles. The van der Waals surface area contributed by atoms with Crippen LogP contribution in [-0.2, 0) is 15.2 Å². The molecule has 0 spiro atoms. The summed E-state index contributed by atoms with van der Waals surface area (Å²) in [6.07, 6.45) is -4.12. The number of hydrogen-bond acceptors (Lipinski definition) is 3. The van der Waals surface area contributed by atoms with Crippen LogP contribution in [-0.4, -0.2) is 13.4 Å². The fourth-order valence-electron chi connectivity index (χ4n) is 0.755. The second-order valence-electron chi connectivity index (χ2n) is 2.44. The molecule has 0 aliphatic carbocycles. The number of aromatic nitrogens is 1. The van der Waals surface area contributed by atoms with Gasteiger partial charge in [-0.05, 0) is 28.7 Å². The highest BCUT2D eigenvalue weighted by Gasteiger charge is 2.34. The van der Waals surface area contributed by atoms with Gasteiger partial charge in [0.2, 0.25) is 0 Å². The van der Waals surface area contributed by atoms with Crippen molar-refractivity contribution in [3.8, 4) is 0 Å². The molecule has 0 aliphatic rings. The molecule has 0 fully saturated rings. The van der Waals surface area contributed by atoms with Gasteiger partial charge in [-0.2, -0.15) is 13.2 Å². The van der Waals surface area contributed by atoms with Crippen LogP contribution >= 0.6 is 33.3 Å². The number of pyridine rings is 1. The summed E-state index contributed by atoms with van der Waals surface area (Å²) in [5.74, 6) is 0. The predicted octanol–water partition coefficient (Wildman–Crippen LogP) is 2.63. The monoisotopic (exact) mass is 371 g/mol. The Balaban J connectivity index is 3.34. The minimum absolute atomic E-state index is 0.269. The molecule has 0 unspecified atom stereocenters. The van der Waals surface area contributed by atoms with Crippen molar-refractivity contribution < 1.29 is 21.6 Å². The molecule has 0 N–H and O–H groups in total. The third-order valence-corrected chi connectivity index (χ3v) is 3.47. The molecule has 3 nitrogen and oxygen atoms in total. The van der Waals surface area contributed by atoms with Gasteiger partial charge >= 0.3 is 6.18 Å². The van der Waals surface area contributed by atoms with E-state index in [1.807, 2.05) is 0 Å². The predicted molar refractivity (Wildman–Crippen MR) is 55.0 cm³/mol. The molecule has 1 aromatic rings. The Hall–Kier alpha value is -0.0900. The lowest BCUT2D eigenvalue weighted by molar-refractivity contribution is -0.138. The molecule has 0 saturated carbocycles. The molecular formula is C6H2ClF3INO2S. The molecule has 0 aliphatic heterocycles. The fourth-order valence-corrected chi connectivity index (χ4v) is 2.40. The summed E-state index contributed by atoms with van der Waals surface area (Å²) in [6.45, 7) is 0. The Morgan fingerprint density at radius 1 is 1.40 bits per heavy atom. The van der Waals surface area contributed by atoms with Crippen molar-refractivity contribution in [1.29, 1.82) is 0 Å². The number of rotatable bonds is 1. The third-order valence-electron chi connectivity index (χ3n) is 1.38. The van der Waals surface area contributed by atoms with E-state index in [0.717, 1.165) is 6.07 Å². The van der Waals surface area contributed by atoms with Crippen LogP contribution in [0, 0.1) is 3.57 Å². The van der Waals surface area contributed by atoms with Crippen LogP contribution in [0.1, 0.15) is 5.56 Å². The summed E-state index contributed by atoms with van der Waals surface area (Å²) in [4.78, 5) is 3.13. The zero-order valence-corrected chi connectivity index (χ0v) is 10.4. The fraction of sp³-hybridized carbons (Fsp3) is 0.167. The van der Waals surface area contributed by atoms with Crippen molar-refractivity contribution in [2.45, 2.75) is 11.2 Å². The maximum Gasteiger partial charge on any atom is 0.418 e. The van der Waals surface area contributed by atoms with E-state index in [1.54, 1.807) is 0 Å². The topological polar surface area (TPSA) is 47.0 Å². The van der Waals surface area contributed by atoms with Gasteiger partial charge < -0.3 is 0 Å². The van der Waals surface area contributed by atoms with Crippen LogP contribution in [0.15, 0.2) is 17.3 Å². The van der Waals surface area contributed by atoms with E-state index in [2.05, 4.69) is 4.98 Å². The quantitative estimate of drug-likeness (QED) is 0.563. The van der Waals surface area contributed by atoms with Gasteiger partial charge in [-0.1, -0.05) is 0 Å². The summed E-state index contributed by atoms with van der Waals surface area (Å²) in [5, 5.41) is -0.596. The number of hydrogen-bond donors (Lipinski definition) is 0. The lowest BCUT2D eigenvalue weighted by Gasteiger charge is -2.08. The molecule has 0 aromatic carbocycles. The second-order valence-corrected chi connectivity index (χ2v) is 6.11. The Kier molecular flexibility index (Phi) is 3.51. The van der Waals surface area contributed by atoms with Crippen molar-refractivity contribution in [3.63, 3.8) is 0 Å². The van der Waals surface area contributed by atoms with Gasteiger partial charge in [-0.25, -0.2) is 13.4 Å². The molecule has 0 bridgehead atoms. The van der Waals surface area contributed by atoms with Crippen LogP contribution < -0.4 is 0 Å². The van der Waals surface area contributed by atoms with Crippen LogP contribution in [0.5, 0.6) is 0 Å².